The summed E-state index contributed by atoms with van der Waals surface area (Å²) in [6.07, 6.45) is 0. The van der Waals surface area contributed by atoms with Crippen LogP contribution in [0.5, 0.6) is 5.75 Å². The largest absolute Gasteiger partial charge is 0.486 e. The lowest BCUT2D eigenvalue weighted by atomic mass is 9.95. The minimum atomic E-state index is 0.446. The highest BCUT2D eigenvalue weighted by molar-refractivity contribution is 6.04. The zero-order valence-corrected chi connectivity index (χ0v) is 31.5. The molecule has 272 valence electrons. The summed E-state index contributed by atoms with van der Waals surface area (Å²) in [7, 11) is 0. The number of nitrogens with zero attached hydrogens (tertiary/aromatic N) is 2. The molecule has 0 aliphatic rings. The van der Waals surface area contributed by atoms with Crippen molar-refractivity contribution < 1.29 is 4.74 Å². The van der Waals surface area contributed by atoms with Crippen LogP contribution in [0.4, 0.5) is 22.7 Å². The second-order valence-corrected chi connectivity index (χ2v) is 14.0. The van der Waals surface area contributed by atoms with E-state index in [1.807, 2.05) is 24.3 Å². The number of benzene rings is 9. The minimum absolute atomic E-state index is 0.446. The summed E-state index contributed by atoms with van der Waals surface area (Å²) in [5.74, 6) is 0.746. The van der Waals surface area contributed by atoms with Crippen molar-refractivity contribution in [3.63, 3.8) is 0 Å². The van der Waals surface area contributed by atoms with Crippen molar-refractivity contribution in [1.29, 1.82) is 0 Å². The van der Waals surface area contributed by atoms with Crippen molar-refractivity contribution in [2.45, 2.75) is 6.61 Å². The molecule has 0 atom stereocenters. The van der Waals surface area contributed by atoms with Gasteiger partial charge in [0.2, 0.25) is 0 Å². The lowest BCUT2D eigenvalue weighted by Crippen LogP contribution is -2.09. The van der Waals surface area contributed by atoms with Crippen molar-refractivity contribution >= 4 is 40.2 Å². The van der Waals surface area contributed by atoms with E-state index in [1.165, 1.54) is 22.3 Å². The van der Waals surface area contributed by atoms with Crippen molar-refractivity contribution in [2.24, 2.45) is 4.99 Å². The first-order chi connectivity index (χ1) is 28.2. The lowest BCUT2D eigenvalue weighted by Gasteiger charge is -2.26. The number of aliphatic imine (C=N–C) groups is 1. The highest BCUT2D eigenvalue weighted by Crippen LogP contribution is 2.43. The van der Waals surface area contributed by atoms with Gasteiger partial charge in [0.25, 0.3) is 0 Å². The fourth-order valence-corrected chi connectivity index (χ4v) is 7.54. The standard InChI is InChI=1S/C54H40N2O/c1-55-52-37-30-47-18-11-19-51(53(47)54(52)57-38-39-12-5-2-6-13-39)46-22-20-42(21-23-46)45-28-35-50(36-29-45)56(48-31-24-43(25-32-48)40-14-7-3-8-15-40)49-33-26-44(27-34-49)41-16-9-4-10-17-41/h2-37H,1,38H2. The first-order valence-electron chi connectivity index (χ1n) is 19.2. The van der Waals surface area contributed by atoms with Gasteiger partial charge in [-0.25, -0.2) is 0 Å². The normalized spacial score (nSPS) is 10.9. The molecule has 0 aromatic heterocycles. The van der Waals surface area contributed by atoms with Crippen LogP contribution in [0.3, 0.4) is 0 Å². The van der Waals surface area contributed by atoms with Crippen molar-refractivity contribution in [3.05, 3.63) is 224 Å². The molecule has 0 spiro atoms. The Labute approximate surface area is 334 Å². The van der Waals surface area contributed by atoms with E-state index < -0.39 is 0 Å². The van der Waals surface area contributed by atoms with Crippen molar-refractivity contribution in [1.82, 2.24) is 0 Å². The fraction of sp³-hybridized carbons (Fsp3) is 0.0185. The van der Waals surface area contributed by atoms with E-state index in [9.17, 15) is 0 Å². The molecule has 57 heavy (non-hydrogen) atoms. The summed E-state index contributed by atoms with van der Waals surface area (Å²) in [4.78, 5) is 6.65. The van der Waals surface area contributed by atoms with E-state index in [4.69, 9.17) is 4.74 Å². The van der Waals surface area contributed by atoms with Crippen LogP contribution in [0.1, 0.15) is 5.56 Å². The predicted molar refractivity (Wildman–Crippen MR) is 240 cm³/mol. The molecular weight excluding hydrogens is 693 g/mol. The summed E-state index contributed by atoms with van der Waals surface area (Å²) in [6.45, 7) is 4.29. The van der Waals surface area contributed by atoms with Gasteiger partial charge in [-0.1, -0.05) is 176 Å². The molecule has 9 aromatic rings. The first-order valence-corrected chi connectivity index (χ1v) is 19.2. The molecule has 0 N–H and O–H groups in total. The van der Waals surface area contributed by atoms with Crippen LogP contribution < -0.4 is 9.64 Å². The molecule has 3 heteroatoms. The van der Waals surface area contributed by atoms with Crippen LogP contribution in [-0.4, -0.2) is 6.72 Å². The predicted octanol–water partition coefficient (Wildman–Crippen LogP) is 14.9. The summed E-state index contributed by atoms with van der Waals surface area (Å²) >= 11 is 0. The Balaban J connectivity index is 1.03. The molecule has 0 fully saturated rings. The molecule has 0 aliphatic carbocycles. The van der Waals surface area contributed by atoms with E-state index in [2.05, 4.69) is 211 Å². The van der Waals surface area contributed by atoms with Crippen molar-refractivity contribution in [3.8, 4) is 50.3 Å². The third-order valence-electron chi connectivity index (χ3n) is 10.5. The number of fused-ring (bicyclic) bond motifs is 1. The zero-order valence-electron chi connectivity index (χ0n) is 31.5. The SMILES string of the molecule is C=Nc1ccc2cccc(-c3ccc(-c4ccc(N(c5ccc(-c6ccccc6)cc5)c5ccc(-c6ccccc6)cc5)cc4)cc3)c2c1OCc1ccccc1. The van der Waals surface area contributed by atoms with Gasteiger partial charge in [-0.05, 0) is 105 Å². The first kappa shape index (κ1) is 35.2. The average molecular weight is 733 g/mol. The van der Waals surface area contributed by atoms with Crippen LogP contribution >= 0.6 is 0 Å². The number of ether oxygens (including phenoxy) is 1. The molecule has 0 unspecified atom stereocenters. The summed E-state index contributed by atoms with van der Waals surface area (Å²) in [6, 6.07) is 77.0. The molecular formula is C54H40N2O. The maximum absolute atomic E-state index is 6.49. The monoisotopic (exact) mass is 732 g/mol. The van der Waals surface area contributed by atoms with Gasteiger partial charge in [-0.15, -0.1) is 0 Å². The van der Waals surface area contributed by atoms with E-state index in [1.54, 1.807) is 0 Å². The second kappa shape index (κ2) is 16.1. The average Bonchev–Trinajstić information content (AvgIpc) is 3.30. The number of hydrogen-bond acceptors (Lipinski definition) is 3. The van der Waals surface area contributed by atoms with Gasteiger partial charge >= 0.3 is 0 Å². The van der Waals surface area contributed by atoms with Crippen LogP contribution in [0, 0.1) is 0 Å². The van der Waals surface area contributed by atoms with E-state index in [0.29, 0.717) is 6.61 Å². The summed E-state index contributed by atoms with van der Waals surface area (Å²) in [5.41, 5.74) is 14.4. The molecule has 0 radical (unpaired) electrons. The van der Waals surface area contributed by atoms with E-state index in [-0.39, 0.29) is 0 Å². The van der Waals surface area contributed by atoms with E-state index in [0.717, 1.165) is 67.1 Å². The summed E-state index contributed by atoms with van der Waals surface area (Å²) < 4.78 is 6.49. The molecule has 0 bridgehead atoms. The third kappa shape index (κ3) is 7.47. The van der Waals surface area contributed by atoms with Gasteiger partial charge in [0.1, 0.15) is 12.3 Å². The minimum Gasteiger partial charge on any atom is -0.486 e. The fourth-order valence-electron chi connectivity index (χ4n) is 7.54. The summed E-state index contributed by atoms with van der Waals surface area (Å²) in [5, 5.41) is 2.13. The van der Waals surface area contributed by atoms with Gasteiger partial charge in [-0.3, -0.25) is 4.99 Å². The topological polar surface area (TPSA) is 24.8 Å². The Hall–Kier alpha value is -7.49. The Morgan fingerprint density at radius 2 is 0.807 bits per heavy atom. The zero-order chi connectivity index (χ0) is 38.4. The maximum Gasteiger partial charge on any atom is 0.153 e. The Kier molecular flexibility index (Phi) is 9.94. The molecule has 0 saturated heterocycles. The molecule has 0 amide bonds. The highest BCUT2D eigenvalue weighted by atomic mass is 16.5. The molecule has 0 saturated carbocycles. The molecule has 0 aliphatic heterocycles. The van der Waals surface area contributed by atoms with Crippen LogP contribution in [0.25, 0.3) is 55.3 Å². The van der Waals surface area contributed by atoms with Crippen LogP contribution in [0.2, 0.25) is 0 Å². The van der Waals surface area contributed by atoms with E-state index >= 15 is 0 Å². The van der Waals surface area contributed by atoms with Crippen molar-refractivity contribution in [2.75, 3.05) is 4.90 Å². The highest BCUT2D eigenvalue weighted by Gasteiger charge is 2.16. The van der Waals surface area contributed by atoms with Crippen LogP contribution in [-0.2, 0) is 6.61 Å². The van der Waals surface area contributed by atoms with Gasteiger partial charge < -0.3 is 9.64 Å². The molecule has 0 heterocycles. The van der Waals surface area contributed by atoms with Gasteiger partial charge in [0.05, 0.1) is 0 Å². The molecule has 9 aromatic carbocycles. The van der Waals surface area contributed by atoms with Gasteiger partial charge in [0.15, 0.2) is 5.75 Å². The Morgan fingerprint density at radius 3 is 1.28 bits per heavy atom. The van der Waals surface area contributed by atoms with Gasteiger partial charge in [0, 0.05) is 22.4 Å². The molecule has 3 nitrogen and oxygen atoms in total. The lowest BCUT2D eigenvalue weighted by molar-refractivity contribution is 0.311. The maximum atomic E-state index is 6.49. The number of hydrogen-bond donors (Lipinski definition) is 0. The van der Waals surface area contributed by atoms with Crippen LogP contribution in [0.15, 0.2) is 223 Å². The number of anilines is 3. The third-order valence-corrected chi connectivity index (χ3v) is 10.5. The Morgan fingerprint density at radius 1 is 0.386 bits per heavy atom. The van der Waals surface area contributed by atoms with Gasteiger partial charge in [-0.2, -0.15) is 0 Å². The smallest absolute Gasteiger partial charge is 0.153 e. The molecule has 9 rings (SSSR count). The quantitative estimate of drug-likeness (QED) is 0.124. The Bertz CT molecular complexity index is 2660. The second-order valence-electron chi connectivity index (χ2n) is 14.0. The number of rotatable bonds is 11.